The van der Waals surface area contributed by atoms with Gasteiger partial charge in [-0.3, -0.25) is 14.4 Å². The van der Waals surface area contributed by atoms with Gasteiger partial charge in [-0.05, 0) is 103 Å². The van der Waals surface area contributed by atoms with Crippen LogP contribution in [0.1, 0.15) is 342 Å². The van der Waals surface area contributed by atoms with Gasteiger partial charge in [0.2, 0.25) is 0 Å². The van der Waals surface area contributed by atoms with Gasteiger partial charge in [-0.25, -0.2) is 0 Å². The highest BCUT2D eigenvalue weighted by atomic mass is 16.6. The van der Waals surface area contributed by atoms with Crippen molar-refractivity contribution in [3.8, 4) is 0 Å². The highest BCUT2D eigenvalue weighted by Crippen LogP contribution is 2.17. The van der Waals surface area contributed by atoms with E-state index in [0.29, 0.717) is 19.3 Å². The molecule has 0 aliphatic heterocycles. The summed E-state index contributed by atoms with van der Waals surface area (Å²) in [6, 6.07) is 0. The zero-order valence-corrected chi connectivity index (χ0v) is 53.5. The quantitative estimate of drug-likeness (QED) is 0.0261. The SMILES string of the molecule is CC/C=C\C/C=C\C/C=C\C/C=C\C/C=C\C/C=C\CCCCCCCCCCC(=O)OCC(COC(=O)CCCCCCCCCCCCCCCCCCC)OC(=O)CCCCCCCCCCC/C=C\C/C=C\CCCCC. The predicted octanol–water partition coefficient (Wildman–Crippen LogP) is 24.0. The summed E-state index contributed by atoms with van der Waals surface area (Å²) in [6.45, 7) is 6.54. The van der Waals surface area contributed by atoms with Gasteiger partial charge in [0.05, 0.1) is 0 Å². The number of hydrogen-bond donors (Lipinski definition) is 0. The first-order valence-corrected chi connectivity index (χ1v) is 34.7. The first-order chi connectivity index (χ1) is 40.0. The van der Waals surface area contributed by atoms with Crippen molar-refractivity contribution in [1.82, 2.24) is 0 Å². The molecule has 0 amide bonds. The van der Waals surface area contributed by atoms with Crippen LogP contribution in [0.2, 0.25) is 0 Å². The van der Waals surface area contributed by atoms with Crippen LogP contribution < -0.4 is 0 Å². The van der Waals surface area contributed by atoms with E-state index in [9.17, 15) is 14.4 Å². The Hall–Kier alpha value is -3.67. The van der Waals surface area contributed by atoms with Crippen LogP contribution in [-0.2, 0) is 28.6 Å². The number of rotatable bonds is 63. The van der Waals surface area contributed by atoms with Crippen LogP contribution in [0.15, 0.2) is 97.2 Å². The van der Waals surface area contributed by atoms with Crippen molar-refractivity contribution in [2.24, 2.45) is 0 Å². The van der Waals surface area contributed by atoms with Gasteiger partial charge >= 0.3 is 17.9 Å². The van der Waals surface area contributed by atoms with Crippen LogP contribution in [-0.4, -0.2) is 37.2 Å². The van der Waals surface area contributed by atoms with Gasteiger partial charge in [0.1, 0.15) is 13.2 Å². The Balaban J connectivity index is 4.36. The first kappa shape index (κ1) is 77.3. The Labute approximate surface area is 502 Å². The van der Waals surface area contributed by atoms with Gasteiger partial charge in [0.25, 0.3) is 0 Å². The second-order valence-electron chi connectivity index (χ2n) is 23.1. The smallest absolute Gasteiger partial charge is 0.306 e. The van der Waals surface area contributed by atoms with Crippen molar-refractivity contribution >= 4 is 17.9 Å². The molecule has 0 bridgehead atoms. The lowest BCUT2D eigenvalue weighted by Gasteiger charge is -2.18. The van der Waals surface area contributed by atoms with Crippen LogP contribution in [0.3, 0.4) is 0 Å². The summed E-state index contributed by atoms with van der Waals surface area (Å²) in [5, 5.41) is 0. The van der Waals surface area contributed by atoms with E-state index in [-0.39, 0.29) is 31.1 Å². The van der Waals surface area contributed by atoms with Crippen molar-refractivity contribution in [3.63, 3.8) is 0 Å². The molecular formula is C75H130O6. The Morgan fingerprint density at radius 2 is 0.481 bits per heavy atom. The molecule has 0 saturated heterocycles. The molecule has 0 spiro atoms. The minimum Gasteiger partial charge on any atom is -0.462 e. The molecule has 6 nitrogen and oxygen atoms in total. The molecule has 81 heavy (non-hydrogen) atoms. The minimum absolute atomic E-state index is 0.0783. The van der Waals surface area contributed by atoms with Gasteiger partial charge in [-0.1, -0.05) is 317 Å². The molecule has 0 aliphatic carbocycles. The van der Waals surface area contributed by atoms with Gasteiger partial charge in [-0.2, -0.15) is 0 Å². The zero-order chi connectivity index (χ0) is 58.5. The molecule has 1 atom stereocenters. The maximum Gasteiger partial charge on any atom is 0.306 e. The molecule has 0 radical (unpaired) electrons. The van der Waals surface area contributed by atoms with Crippen LogP contribution in [0, 0.1) is 0 Å². The van der Waals surface area contributed by atoms with Crippen molar-refractivity contribution < 1.29 is 28.6 Å². The zero-order valence-electron chi connectivity index (χ0n) is 53.5. The molecule has 0 aliphatic rings. The van der Waals surface area contributed by atoms with E-state index < -0.39 is 6.10 Å². The molecule has 0 saturated carbocycles. The summed E-state index contributed by atoms with van der Waals surface area (Å²) in [7, 11) is 0. The number of hydrogen-bond acceptors (Lipinski definition) is 6. The number of allylic oxidation sites excluding steroid dienone is 16. The van der Waals surface area contributed by atoms with Crippen molar-refractivity contribution in [1.29, 1.82) is 0 Å². The lowest BCUT2D eigenvalue weighted by Crippen LogP contribution is -2.30. The van der Waals surface area contributed by atoms with Crippen LogP contribution in [0.5, 0.6) is 0 Å². The molecule has 0 N–H and O–H groups in total. The van der Waals surface area contributed by atoms with Crippen LogP contribution in [0.4, 0.5) is 0 Å². The lowest BCUT2D eigenvalue weighted by molar-refractivity contribution is -0.167. The number of carbonyl (C=O) groups excluding carboxylic acids is 3. The summed E-state index contributed by atoms with van der Waals surface area (Å²) in [4.78, 5) is 38.5. The third-order valence-corrected chi connectivity index (χ3v) is 15.1. The maximum absolute atomic E-state index is 13.0. The Bertz CT molecular complexity index is 1580. The predicted molar refractivity (Wildman–Crippen MR) is 353 cm³/mol. The van der Waals surface area contributed by atoms with Gasteiger partial charge in [-0.15, -0.1) is 0 Å². The van der Waals surface area contributed by atoms with Crippen LogP contribution >= 0.6 is 0 Å². The molecule has 0 aromatic heterocycles. The summed E-state index contributed by atoms with van der Waals surface area (Å²) >= 11 is 0. The minimum atomic E-state index is -0.784. The van der Waals surface area contributed by atoms with Gasteiger partial charge in [0, 0.05) is 19.3 Å². The van der Waals surface area contributed by atoms with Crippen molar-refractivity contribution in [2.75, 3.05) is 13.2 Å². The fraction of sp³-hybridized carbons (Fsp3) is 0.747. The third kappa shape index (κ3) is 67.0. The van der Waals surface area contributed by atoms with E-state index in [0.717, 1.165) is 109 Å². The van der Waals surface area contributed by atoms with E-state index in [1.807, 2.05) is 0 Å². The van der Waals surface area contributed by atoms with E-state index in [4.69, 9.17) is 14.2 Å². The Morgan fingerprint density at radius 1 is 0.259 bits per heavy atom. The van der Waals surface area contributed by atoms with Crippen LogP contribution in [0.25, 0.3) is 0 Å². The first-order valence-electron chi connectivity index (χ1n) is 34.7. The summed E-state index contributed by atoms with van der Waals surface area (Å²) in [5.41, 5.74) is 0. The second kappa shape index (κ2) is 68.8. The van der Waals surface area contributed by atoms with E-state index in [2.05, 4.69) is 118 Å². The van der Waals surface area contributed by atoms with E-state index >= 15 is 0 Å². The molecule has 0 aromatic rings. The standard InChI is InChI=1S/C75H130O6/c1-4-7-10-13-16-19-22-25-28-31-33-34-35-36-37-38-39-40-42-44-47-50-53-56-59-62-65-68-74(77)80-71-72(70-79-73(76)67-64-61-58-55-52-49-46-43-30-27-24-21-18-15-12-9-6-3)81-75(78)69-66-63-60-57-54-51-48-45-41-32-29-26-23-20-17-14-11-8-5-2/h7,10,16-17,19-20,25-26,28-29,33-34,36-37,39-40,72H,4-6,8-9,11-15,18,21-24,27,30-32,35,38,41-71H2,1-3H3/b10-7-,19-16-,20-17-,28-25-,29-26-,34-33-,37-36-,40-39-. The molecule has 0 fully saturated rings. The summed E-state index contributed by atoms with van der Waals surface area (Å²) < 4.78 is 17.0. The van der Waals surface area contributed by atoms with Crippen molar-refractivity contribution in [3.05, 3.63) is 97.2 Å². The number of ether oxygens (including phenoxy) is 3. The molecule has 1 unspecified atom stereocenters. The Kier molecular flexibility index (Phi) is 65.7. The molecule has 466 valence electrons. The fourth-order valence-electron chi connectivity index (χ4n) is 9.89. The largest absolute Gasteiger partial charge is 0.462 e. The highest BCUT2D eigenvalue weighted by molar-refractivity contribution is 5.71. The monoisotopic (exact) mass is 1130 g/mol. The van der Waals surface area contributed by atoms with Crippen molar-refractivity contribution in [2.45, 2.75) is 348 Å². The normalized spacial score (nSPS) is 12.7. The van der Waals surface area contributed by atoms with E-state index in [1.54, 1.807) is 0 Å². The van der Waals surface area contributed by atoms with Gasteiger partial charge < -0.3 is 14.2 Å². The van der Waals surface area contributed by atoms with E-state index in [1.165, 1.54) is 193 Å². The molecular weight excluding hydrogens is 997 g/mol. The maximum atomic E-state index is 13.0. The number of esters is 3. The fourth-order valence-corrected chi connectivity index (χ4v) is 9.89. The number of unbranched alkanes of at least 4 members (excludes halogenated alkanes) is 36. The molecule has 0 heterocycles. The average molecular weight is 1130 g/mol. The highest BCUT2D eigenvalue weighted by Gasteiger charge is 2.19. The molecule has 0 aromatic carbocycles. The topological polar surface area (TPSA) is 78.9 Å². The molecule has 6 heteroatoms. The summed E-state index contributed by atoms with van der Waals surface area (Å²) in [5.74, 6) is -0.874. The number of carbonyl (C=O) groups is 3. The second-order valence-corrected chi connectivity index (χ2v) is 23.1. The average Bonchev–Trinajstić information content (AvgIpc) is 3.47. The lowest BCUT2D eigenvalue weighted by atomic mass is 10.0. The third-order valence-electron chi connectivity index (χ3n) is 15.1. The van der Waals surface area contributed by atoms with Gasteiger partial charge in [0.15, 0.2) is 6.10 Å². The molecule has 0 rings (SSSR count). The summed E-state index contributed by atoms with van der Waals surface area (Å²) in [6.07, 6.45) is 92.7. The Morgan fingerprint density at radius 3 is 0.778 bits per heavy atom.